The number of para-hydroxylation sites is 1. The van der Waals surface area contributed by atoms with E-state index in [4.69, 9.17) is 0 Å². The minimum atomic E-state index is -0.201. The maximum absolute atomic E-state index is 12.1. The van der Waals surface area contributed by atoms with Crippen LogP contribution in [-0.4, -0.2) is 17.1 Å². The van der Waals surface area contributed by atoms with Gasteiger partial charge in [-0.15, -0.1) is 0 Å². The quantitative estimate of drug-likeness (QED) is 0.548. The fourth-order valence-electron chi connectivity index (χ4n) is 2.36. The number of aromatic amines is 1. The molecule has 3 aromatic rings. The lowest BCUT2D eigenvalue weighted by Gasteiger charge is -1.98. The number of aryl methyl sites for hydroxylation is 1. The first-order valence-electron chi connectivity index (χ1n) is 7.26. The van der Waals surface area contributed by atoms with Crippen molar-refractivity contribution in [3.8, 4) is 0 Å². The van der Waals surface area contributed by atoms with Crippen LogP contribution in [-0.2, 0) is 6.42 Å². The summed E-state index contributed by atoms with van der Waals surface area (Å²) in [6.07, 6.45) is 5.14. The molecule has 0 atom stereocenters. The Balaban J connectivity index is 1.55. The normalized spacial score (nSPS) is 11.1. The molecule has 22 heavy (non-hydrogen) atoms. The van der Waals surface area contributed by atoms with Gasteiger partial charge >= 0.3 is 0 Å². The number of hydrogen-bond acceptors (Lipinski definition) is 2. The van der Waals surface area contributed by atoms with Crippen molar-refractivity contribution in [1.82, 2.24) is 10.4 Å². The van der Waals surface area contributed by atoms with E-state index in [1.165, 1.54) is 5.56 Å². The summed E-state index contributed by atoms with van der Waals surface area (Å²) in [5.74, 6) is -0.201. The summed E-state index contributed by atoms with van der Waals surface area (Å²) < 4.78 is 0. The number of aromatic nitrogens is 1. The molecule has 2 N–H and O–H groups in total. The van der Waals surface area contributed by atoms with Crippen LogP contribution in [0.3, 0.4) is 0 Å². The van der Waals surface area contributed by atoms with Crippen LogP contribution in [0.4, 0.5) is 0 Å². The van der Waals surface area contributed by atoms with Crippen molar-refractivity contribution in [2.24, 2.45) is 5.10 Å². The highest BCUT2D eigenvalue weighted by atomic mass is 16.2. The van der Waals surface area contributed by atoms with E-state index in [0.717, 1.165) is 23.7 Å². The van der Waals surface area contributed by atoms with E-state index in [2.05, 4.69) is 27.6 Å². The highest BCUT2D eigenvalue weighted by molar-refractivity contribution is 6.06. The fourth-order valence-corrected chi connectivity index (χ4v) is 2.36. The molecule has 0 fully saturated rings. The number of hydrogen-bond donors (Lipinski definition) is 2. The zero-order valence-corrected chi connectivity index (χ0v) is 12.1. The number of amides is 1. The van der Waals surface area contributed by atoms with Gasteiger partial charge in [-0.3, -0.25) is 4.79 Å². The van der Waals surface area contributed by atoms with Crippen molar-refractivity contribution in [1.29, 1.82) is 0 Å². The molecule has 0 aliphatic rings. The maximum Gasteiger partial charge on any atom is 0.273 e. The van der Waals surface area contributed by atoms with Crippen LogP contribution >= 0.6 is 0 Å². The standard InChI is InChI=1S/C18H17N3O/c22-18(16-13-19-17-11-5-4-10-15(16)17)21-20-12-6-9-14-7-2-1-3-8-14/h1-5,7-8,10-13,19H,6,9H2,(H,21,22)/b20-12+. The molecule has 110 valence electrons. The van der Waals surface area contributed by atoms with E-state index in [-0.39, 0.29) is 5.91 Å². The van der Waals surface area contributed by atoms with E-state index < -0.39 is 0 Å². The third kappa shape index (κ3) is 3.23. The number of hydrazone groups is 1. The summed E-state index contributed by atoms with van der Waals surface area (Å²) in [5.41, 5.74) is 5.39. The van der Waals surface area contributed by atoms with Crippen LogP contribution in [0.5, 0.6) is 0 Å². The van der Waals surface area contributed by atoms with Gasteiger partial charge in [-0.2, -0.15) is 5.10 Å². The van der Waals surface area contributed by atoms with Crippen molar-refractivity contribution >= 4 is 23.0 Å². The molecule has 4 heteroatoms. The zero-order chi connectivity index (χ0) is 15.2. The monoisotopic (exact) mass is 291 g/mol. The Morgan fingerprint density at radius 1 is 1.09 bits per heavy atom. The van der Waals surface area contributed by atoms with Crippen molar-refractivity contribution in [3.63, 3.8) is 0 Å². The van der Waals surface area contributed by atoms with Gasteiger partial charge in [-0.1, -0.05) is 48.5 Å². The maximum atomic E-state index is 12.1. The molecule has 0 radical (unpaired) electrons. The van der Waals surface area contributed by atoms with E-state index in [1.807, 2.05) is 42.5 Å². The lowest BCUT2D eigenvalue weighted by Crippen LogP contribution is -2.17. The third-order valence-electron chi connectivity index (χ3n) is 3.50. The third-order valence-corrected chi connectivity index (χ3v) is 3.50. The Hall–Kier alpha value is -2.88. The van der Waals surface area contributed by atoms with Crippen LogP contribution in [0.1, 0.15) is 22.3 Å². The van der Waals surface area contributed by atoms with Gasteiger partial charge in [0, 0.05) is 23.3 Å². The molecule has 0 unspecified atom stereocenters. The molecule has 0 spiro atoms. The Morgan fingerprint density at radius 3 is 2.73 bits per heavy atom. The molecule has 0 saturated heterocycles. The predicted molar refractivity (Wildman–Crippen MR) is 89.0 cm³/mol. The number of carbonyl (C=O) groups excluding carboxylic acids is 1. The van der Waals surface area contributed by atoms with Crippen molar-refractivity contribution < 1.29 is 4.79 Å². The number of nitrogens with zero attached hydrogens (tertiary/aromatic N) is 1. The summed E-state index contributed by atoms with van der Waals surface area (Å²) in [7, 11) is 0. The van der Waals surface area contributed by atoms with Gasteiger partial charge in [-0.05, 0) is 24.5 Å². The smallest absolute Gasteiger partial charge is 0.273 e. The van der Waals surface area contributed by atoms with E-state index in [9.17, 15) is 4.79 Å². The Morgan fingerprint density at radius 2 is 1.86 bits per heavy atom. The average Bonchev–Trinajstić information content (AvgIpc) is 2.99. The fraction of sp³-hybridized carbons (Fsp3) is 0.111. The second kappa shape index (κ2) is 6.72. The Bertz CT molecular complexity index is 790. The first-order valence-corrected chi connectivity index (χ1v) is 7.26. The van der Waals surface area contributed by atoms with Crippen LogP contribution in [0.25, 0.3) is 10.9 Å². The predicted octanol–water partition coefficient (Wildman–Crippen LogP) is 3.52. The highest BCUT2D eigenvalue weighted by Crippen LogP contribution is 2.17. The lowest BCUT2D eigenvalue weighted by molar-refractivity contribution is 0.0956. The molecule has 4 nitrogen and oxygen atoms in total. The van der Waals surface area contributed by atoms with Gasteiger partial charge < -0.3 is 4.98 Å². The molecule has 0 bridgehead atoms. The molecular formula is C18H17N3O. The molecule has 0 saturated carbocycles. The first kappa shape index (κ1) is 14.1. The number of H-pyrrole nitrogens is 1. The van der Waals surface area contributed by atoms with Crippen LogP contribution in [0.15, 0.2) is 65.9 Å². The largest absolute Gasteiger partial charge is 0.360 e. The average molecular weight is 291 g/mol. The highest BCUT2D eigenvalue weighted by Gasteiger charge is 2.10. The van der Waals surface area contributed by atoms with Crippen LogP contribution < -0.4 is 5.43 Å². The van der Waals surface area contributed by atoms with Gasteiger partial charge in [0.25, 0.3) is 5.91 Å². The topological polar surface area (TPSA) is 57.2 Å². The molecular weight excluding hydrogens is 274 g/mol. The van der Waals surface area contributed by atoms with Crippen molar-refractivity contribution in [2.75, 3.05) is 0 Å². The van der Waals surface area contributed by atoms with Crippen molar-refractivity contribution in [3.05, 3.63) is 71.9 Å². The molecule has 3 rings (SSSR count). The summed E-state index contributed by atoms with van der Waals surface area (Å²) in [4.78, 5) is 15.2. The second-order valence-electron chi connectivity index (χ2n) is 5.02. The van der Waals surface area contributed by atoms with Gasteiger partial charge in [-0.25, -0.2) is 5.43 Å². The van der Waals surface area contributed by atoms with Gasteiger partial charge in [0.05, 0.1) is 5.56 Å². The molecule has 1 amide bonds. The number of nitrogens with one attached hydrogen (secondary N) is 2. The van der Waals surface area contributed by atoms with E-state index in [0.29, 0.717) is 5.56 Å². The van der Waals surface area contributed by atoms with Crippen LogP contribution in [0, 0.1) is 0 Å². The lowest BCUT2D eigenvalue weighted by atomic mass is 10.1. The minimum absolute atomic E-state index is 0.201. The second-order valence-corrected chi connectivity index (χ2v) is 5.02. The summed E-state index contributed by atoms with van der Waals surface area (Å²) in [6.45, 7) is 0. The first-order chi connectivity index (χ1) is 10.8. The van der Waals surface area contributed by atoms with E-state index >= 15 is 0 Å². The van der Waals surface area contributed by atoms with Gasteiger partial charge in [0.1, 0.15) is 0 Å². The van der Waals surface area contributed by atoms with Crippen molar-refractivity contribution in [2.45, 2.75) is 12.8 Å². The molecule has 1 heterocycles. The number of rotatable bonds is 5. The summed E-state index contributed by atoms with van der Waals surface area (Å²) in [6, 6.07) is 17.9. The molecule has 0 aliphatic carbocycles. The van der Waals surface area contributed by atoms with E-state index in [1.54, 1.807) is 12.4 Å². The molecule has 0 aliphatic heterocycles. The Kier molecular flexibility index (Phi) is 4.30. The number of fused-ring (bicyclic) bond motifs is 1. The molecule has 2 aromatic carbocycles. The van der Waals surface area contributed by atoms with Crippen LogP contribution in [0.2, 0.25) is 0 Å². The van der Waals surface area contributed by atoms with Gasteiger partial charge in [0.15, 0.2) is 0 Å². The number of carbonyl (C=O) groups is 1. The summed E-state index contributed by atoms with van der Waals surface area (Å²) in [5, 5.41) is 4.91. The Labute approximate surface area is 128 Å². The number of benzene rings is 2. The zero-order valence-electron chi connectivity index (χ0n) is 12.1. The minimum Gasteiger partial charge on any atom is -0.360 e. The summed E-state index contributed by atoms with van der Waals surface area (Å²) >= 11 is 0. The SMILES string of the molecule is O=C(N/N=C/CCc1ccccc1)c1c[nH]c2ccccc12. The molecule has 1 aromatic heterocycles. The van der Waals surface area contributed by atoms with Gasteiger partial charge in [0.2, 0.25) is 0 Å².